The van der Waals surface area contributed by atoms with Crippen LogP contribution in [0, 0.1) is 0 Å². The van der Waals surface area contributed by atoms with Gasteiger partial charge in [0.2, 0.25) is 11.8 Å². The van der Waals surface area contributed by atoms with Crippen molar-refractivity contribution in [2.75, 3.05) is 78.1 Å². The van der Waals surface area contributed by atoms with Crippen molar-refractivity contribution in [2.45, 2.75) is 32.6 Å². The molecule has 58 heavy (non-hydrogen) atoms. The molecule has 0 fully saturated rings. The highest BCUT2D eigenvalue weighted by molar-refractivity contribution is 9.10. The van der Waals surface area contributed by atoms with E-state index in [1.807, 2.05) is 13.0 Å². The minimum atomic E-state index is -0.318. The number of halogens is 1. The normalized spacial score (nSPS) is 11.0. The molecule has 0 aliphatic rings. The fourth-order valence-electron chi connectivity index (χ4n) is 5.76. The van der Waals surface area contributed by atoms with Gasteiger partial charge < -0.3 is 56.5 Å². The van der Waals surface area contributed by atoms with Crippen LogP contribution in [0.5, 0.6) is 17.2 Å². The summed E-state index contributed by atoms with van der Waals surface area (Å²) < 4.78 is 17.1. The number of benzene rings is 2. The number of phenols is 3. The number of rotatable bonds is 25. The Hall–Kier alpha value is -5.33. The standard InChI is InChI=1S/C41H52BrN7O9/c1-2-31-32(25-49-40(43)39(31)27-4-7-30(50)8-5-27)29-6-9-34(48-24-29)41(55)47-13-3-12-45-37(53)11-16-56-18-20-58-21-19-57-17-15-46-38(54)26-44-14-10-28-22-35(51)36(52)23-33(28)42/h4-9,22-25,44,50-52H,2-3,10-21,26H2,1H3,(H2,43,49)(H,45,53)(H,46,54)(H,47,55). The van der Waals surface area contributed by atoms with Crippen molar-refractivity contribution in [2.24, 2.45) is 0 Å². The molecule has 2 aromatic heterocycles. The molecule has 9 N–H and O–H groups in total. The van der Waals surface area contributed by atoms with Crippen LogP contribution in [0.25, 0.3) is 22.3 Å². The highest BCUT2D eigenvalue weighted by Crippen LogP contribution is 2.36. The molecule has 0 unspecified atom stereocenters. The lowest BCUT2D eigenvalue weighted by atomic mass is 9.92. The van der Waals surface area contributed by atoms with Crippen molar-refractivity contribution >= 4 is 39.5 Å². The monoisotopic (exact) mass is 865 g/mol. The lowest BCUT2D eigenvalue weighted by Crippen LogP contribution is -2.36. The second-order valence-electron chi connectivity index (χ2n) is 13.0. The van der Waals surface area contributed by atoms with Gasteiger partial charge in [0.25, 0.3) is 5.91 Å². The fraction of sp³-hybridized carbons (Fsp3) is 0.390. The van der Waals surface area contributed by atoms with Gasteiger partial charge in [-0.15, -0.1) is 0 Å². The van der Waals surface area contributed by atoms with Gasteiger partial charge in [0, 0.05) is 59.6 Å². The SMILES string of the molecule is CCc1c(-c2ccc(C(=O)NCCCNC(=O)CCOCCOCCOCCNC(=O)CNCCc3cc(O)c(O)cc3Br)nc2)cnc(N)c1-c1ccc(O)cc1. The van der Waals surface area contributed by atoms with Crippen LogP contribution in [0.1, 0.15) is 41.4 Å². The van der Waals surface area contributed by atoms with E-state index in [2.05, 4.69) is 47.2 Å². The van der Waals surface area contributed by atoms with Crippen molar-refractivity contribution in [3.63, 3.8) is 0 Å². The first-order valence-corrected chi connectivity index (χ1v) is 19.9. The number of phenolic OH excluding ortho intramolecular Hbond substituents is 3. The molecule has 17 heteroatoms. The summed E-state index contributed by atoms with van der Waals surface area (Å²) in [4.78, 5) is 45.6. The summed E-state index contributed by atoms with van der Waals surface area (Å²) in [7, 11) is 0. The molecule has 0 atom stereocenters. The number of carbonyl (C=O) groups is 3. The molecule has 0 bridgehead atoms. The number of nitrogens with one attached hydrogen (secondary N) is 4. The Morgan fingerprint density at radius 1 is 0.741 bits per heavy atom. The Morgan fingerprint density at radius 2 is 1.40 bits per heavy atom. The van der Waals surface area contributed by atoms with Gasteiger partial charge >= 0.3 is 0 Å². The Kier molecular flexibility index (Phi) is 19.1. The minimum Gasteiger partial charge on any atom is -0.508 e. The Bertz CT molecular complexity index is 1930. The molecule has 0 radical (unpaired) electrons. The quantitative estimate of drug-likeness (QED) is 0.0352. The second-order valence-corrected chi connectivity index (χ2v) is 13.9. The predicted molar refractivity (Wildman–Crippen MR) is 222 cm³/mol. The van der Waals surface area contributed by atoms with E-state index >= 15 is 0 Å². The van der Waals surface area contributed by atoms with E-state index in [0.717, 1.165) is 33.4 Å². The van der Waals surface area contributed by atoms with E-state index in [-0.39, 0.29) is 60.2 Å². The summed E-state index contributed by atoms with van der Waals surface area (Å²) >= 11 is 3.34. The summed E-state index contributed by atoms with van der Waals surface area (Å²) in [6, 6.07) is 13.2. The van der Waals surface area contributed by atoms with Crippen molar-refractivity contribution in [1.82, 2.24) is 31.2 Å². The molecule has 3 amide bonds. The molecule has 16 nitrogen and oxygen atoms in total. The molecular weight excluding hydrogens is 814 g/mol. The zero-order chi connectivity index (χ0) is 41.7. The van der Waals surface area contributed by atoms with Crippen molar-refractivity contribution in [3.05, 3.63) is 82.2 Å². The average Bonchev–Trinajstić information content (AvgIpc) is 3.21. The number of hydrogen-bond acceptors (Lipinski definition) is 13. The van der Waals surface area contributed by atoms with Crippen LogP contribution in [-0.2, 0) is 36.6 Å². The number of nitrogen functional groups attached to an aromatic ring is 1. The highest BCUT2D eigenvalue weighted by atomic mass is 79.9. The first-order chi connectivity index (χ1) is 28.1. The number of amides is 3. The molecule has 0 saturated heterocycles. The van der Waals surface area contributed by atoms with Crippen LogP contribution >= 0.6 is 15.9 Å². The smallest absolute Gasteiger partial charge is 0.269 e. The molecule has 2 aromatic carbocycles. The molecule has 4 aromatic rings. The molecular formula is C41H52BrN7O9. The molecule has 2 heterocycles. The molecule has 0 spiro atoms. The van der Waals surface area contributed by atoms with E-state index in [1.165, 1.54) is 12.1 Å². The summed E-state index contributed by atoms with van der Waals surface area (Å²) in [5.41, 5.74) is 11.6. The highest BCUT2D eigenvalue weighted by Gasteiger charge is 2.17. The third-order valence-electron chi connectivity index (χ3n) is 8.78. The maximum absolute atomic E-state index is 12.7. The zero-order valence-electron chi connectivity index (χ0n) is 32.5. The molecule has 0 saturated carbocycles. The van der Waals surface area contributed by atoms with Crippen molar-refractivity contribution in [1.29, 1.82) is 0 Å². The molecule has 0 aliphatic heterocycles. The number of ether oxygens (including phenoxy) is 3. The summed E-state index contributed by atoms with van der Waals surface area (Å²) in [6.07, 6.45) is 5.33. The first kappa shape index (κ1) is 45.4. The number of nitrogens with zero attached hydrogens (tertiary/aromatic N) is 2. The summed E-state index contributed by atoms with van der Waals surface area (Å²) in [5.74, 6) is -0.465. The van der Waals surface area contributed by atoms with Crippen LogP contribution in [0.15, 0.2) is 65.4 Å². The number of carbonyl (C=O) groups excluding carboxylic acids is 3. The lowest BCUT2D eigenvalue weighted by molar-refractivity contribution is -0.122. The van der Waals surface area contributed by atoms with E-state index in [0.29, 0.717) is 88.8 Å². The minimum absolute atomic E-state index is 0.139. The zero-order valence-corrected chi connectivity index (χ0v) is 34.1. The van der Waals surface area contributed by atoms with Crippen LogP contribution in [0.2, 0.25) is 0 Å². The third-order valence-corrected chi connectivity index (χ3v) is 9.52. The third kappa shape index (κ3) is 14.9. The van der Waals surface area contributed by atoms with E-state index in [4.69, 9.17) is 19.9 Å². The van der Waals surface area contributed by atoms with Gasteiger partial charge in [-0.25, -0.2) is 4.98 Å². The first-order valence-electron chi connectivity index (χ1n) is 19.1. The summed E-state index contributed by atoms with van der Waals surface area (Å²) in [5, 5.41) is 40.3. The summed E-state index contributed by atoms with van der Waals surface area (Å²) in [6.45, 7) is 5.81. The van der Waals surface area contributed by atoms with Gasteiger partial charge in [0.1, 0.15) is 17.3 Å². The Labute approximate surface area is 346 Å². The maximum atomic E-state index is 12.7. The van der Waals surface area contributed by atoms with E-state index in [9.17, 15) is 29.7 Å². The number of nitrogens with two attached hydrogens (primary N) is 1. The van der Waals surface area contributed by atoms with Crippen LogP contribution in [0.3, 0.4) is 0 Å². The van der Waals surface area contributed by atoms with Gasteiger partial charge in [0.05, 0.1) is 46.2 Å². The number of anilines is 1. The van der Waals surface area contributed by atoms with E-state index < -0.39 is 0 Å². The Morgan fingerprint density at radius 3 is 2.10 bits per heavy atom. The predicted octanol–water partition coefficient (Wildman–Crippen LogP) is 3.46. The van der Waals surface area contributed by atoms with Gasteiger partial charge in [-0.1, -0.05) is 41.1 Å². The molecule has 0 aliphatic carbocycles. The van der Waals surface area contributed by atoms with Crippen molar-refractivity contribution < 1.29 is 43.9 Å². The van der Waals surface area contributed by atoms with Crippen LogP contribution < -0.4 is 27.0 Å². The Balaban J connectivity index is 0.968. The van der Waals surface area contributed by atoms with E-state index in [1.54, 1.807) is 42.7 Å². The molecule has 312 valence electrons. The largest absolute Gasteiger partial charge is 0.508 e. The molecule has 4 rings (SSSR count). The van der Waals surface area contributed by atoms with Gasteiger partial charge in [0.15, 0.2) is 11.5 Å². The van der Waals surface area contributed by atoms with Gasteiger partial charge in [-0.05, 0) is 72.8 Å². The lowest BCUT2D eigenvalue weighted by Gasteiger charge is -2.16. The maximum Gasteiger partial charge on any atom is 0.269 e. The number of hydrogen-bond donors (Lipinski definition) is 8. The topological polar surface area (TPSA) is 240 Å². The fourth-order valence-corrected chi connectivity index (χ4v) is 6.29. The van der Waals surface area contributed by atoms with Crippen molar-refractivity contribution in [3.8, 4) is 39.5 Å². The van der Waals surface area contributed by atoms with Crippen LogP contribution in [-0.4, -0.2) is 115 Å². The van der Waals surface area contributed by atoms with Crippen LogP contribution in [0.4, 0.5) is 5.82 Å². The number of aromatic nitrogens is 2. The second kappa shape index (κ2) is 24.4. The van der Waals surface area contributed by atoms with Gasteiger partial charge in [-0.3, -0.25) is 19.4 Å². The number of aromatic hydroxyl groups is 3. The van der Waals surface area contributed by atoms with Gasteiger partial charge in [-0.2, -0.15) is 0 Å². The average molecular weight is 867 g/mol. The number of pyridine rings is 2.